The third-order valence-electron chi connectivity index (χ3n) is 16.0. The van der Waals surface area contributed by atoms with Crippen molar-refractivity contribution in [3.05, 3.63) is 11.6 Å². The number of fused-ring (bicyclic) bond motifs is 4. The van der Waals surface area contributed by atoms with Crippen LogP contribution >= 0.6 is 0 Å². The van der Waals surface area contributed by atoms with Crippen LogP contribution in [0.2, 0.25) is 0 Å². The van der Waals surface area contributed by atoms with Crippen LogP contribution in [0.5, 0.6) is 0 Å². The summed E-state index contributed by atoms with van der Waals surface area (Å²) in [7, 11) is 0. The van der Waals surface area contributed by atoms with Crippen molar-refractivity contribution in [2.75, 3.05) is 6.61 Å². The number of hydrogen-bond donors (Lipinski definition) is 5. The number of aliphatic hydroxyl groups is 5. The Morgan fingerprint density at radius 3 is 2.41 bits per heavy atom. The molecule has 0 aromatic heterocycles. The fourth-order valence-corrected chi connectivity index (χ4v) is 13.8. The summed E-state index contributed by atoms with van der Waals surface area (Å²) in [5, 5.41) is 54.0. The number of carbonyl (C=O) groups is 1. The molecule has 5 aliphatic carbocycles. The molecule has 2 bridgehead atoms. The minimum Gasteiger partial charge on any atom is -0.457 e. The van der Waals surface area contributed by atoms with Crippen molar-refractivity contribution in [1.29, 1.82) is 0 Å². The highest BCUT2D eigenvalue weighted by Gasteiger charge is 2.86. The molecule has 5 unspecified atom stereocenters. The molecular weight excluding hydrogens is 632 g/mol. The van der Waals surface area contributed by atoms with E-state index in [1.807, 2.05) is 13.8 Å². The van der Waals surface area contributed by atoms with Gasteiger partial charge in [-0.3, -0.25) is 4.79 Å². The largest absolute Gasteiger partial charge is 0.457 e. The van der Waals surface area contributed by atoms with Crippen molar-refractivity contribution in [3.8, 4) is 0 Å². The quantitative estimate of drug-likeness (QED) is 0.213. The molecule has 17 atom stereocenters. The van der Waals surface area contributed by atoms with E-state index < -0.39 is 66.3 Å². The van der Waals surface area contributed by atoms with Crippen LogP contribution in [-0.2, 0) is 28.5 Å². The highest BCUT2D eigenvalue weighted by molar-refractivity contribution is 5.66. The normalized spacial score (nSPS) is 56.8. The van der Waals surface area contributed by atoms with Gasteiger partial charge in [0.1, 0.15) is 42.2 Å². The summed E-state index contributed by atoms with van der Waals surface area (Å²) in [6.45, 7) is 16.0. The second kappa shape index (κ2) is 10.5. The highest BCUT2D eigenvalue weighted by Crippen LogP contribution is 2.89. The van der Waals surface area contributed by atoms with Gasteiger partial charge < -0.3 is 49.2 Å². The Bertz CT molecular complexity index is 1430. The van der Waals surface area contributed by atoms with Crippen molar-refractivity contribution < 1.29 is 54.0 Å². The van der Waals surface area contributed by atoms with Crippen LogP contribution < -0.4 is 0 Å². The molecule has 7 fully saturated rings. The second-order valence-electron chi connectivity index (χ2n) is 18.8. The van der Waals surface area contributed by atoms with E-state index in [0.717, 1.165) is 44.9 Å². The molecule has 4 saturated carbocycles. The molecule has 0 amide bonds. The Morgan fingerprint density at radius 2 is 1.73 bits per heavy atom. The maximum atomic E-state index is 12.8. The number of rotatable bonds is 5. The average Bonchev–Trinajstić information content (AvgIpc) is 3.53. The second-order valence-corrected chi connectivity index (χ2v) is 18.8. The van der Waals surface area contributed by atoms with Gasteiger partial charge in [0.2, 0.25) is 0 Å². The Labute approximate surface area is 289 Å². The molecule has 8 aliphatic rings. The van der Waals surface area contributed by atoms with Crippen LogP contribution in [0.1, 0.15) is 100 Å². The summed E-state index contributed by atoms with van der Waals surface area (Å²) in [5.41, 5.74) is -0.699. The van der Waals surface area contributed by atoms with E-state index >= 15 is 0 Å². The standard InChI is InChI=1S/C38H58O11/c1-18-15-20-29(33(5,6)47-19(2)40)49-38(48-20)28(18)34(7)13-14-37-17-36(37)12-11-24(46-30-27(43)26(42)25(41)21(16-39)45-30)32(3,4)22(36)9-10-23(37)35(34,8)31(38)44/h10,18,20-22,24-31,39,41-44H,9,11-17H2,1-8H3/t18-,20?,21-,22+,24?,25+,26+,27-,28-,29?,30+,31?,34-,35-,36-,37+,38?/m1/s1. The van der Waals surface area contributed by atoms with E-state index in [-0.39, 0.29) is 57.6 Å². The topological polar surface area (TPSA) is 164 Å². The maximum Gasteiger partial charge on any atom is 0.303 e. The van der Waals surface area contributed by atoms with Gasteiger partial charge in [0.15, 0.2) is 12.1 Å². The molecule has 3 aliphatic heterocycles. The van der Waals surface area contributed by atoms with Gasteiger partial charge in [-0.1, -0.05) is 46.3 Å². The highest BCUT2D eigenvalue weighted by atomic mass is 16.8. The minimum atomic E-state index is -1.48. The molecule has 0 aromatic carbocycles. The van der Waals surface area contributed by atoms with E-state index in [9.17, 15) is 30.3 Å². The lowest BCUT2D eigenvalue weighted by molar-refractivity contribution is -0.325. The van der Waals surface area contributed by atoms with Crippen LogP contribution in [0.25, 0.3) is 0 Å². The van der Waals surface area contributed by atoms with Gasteiger partial charge in [-0.15, -0.1) is 0 Å². The summed E-state index contributed by atoms with van der Waals surface area (Å²) < 4.78 is 31.9. The summed E-state index contributed by atoms with van der Waals surface area (Å²) >= 11 is 0. The molecule has 3 heterocycles. The van der Waals surface area contributed by atoms with Gasteiger partial charge in [-0.2, -0.15) is 0 Å². The average molecular weight is 691 g/mol. The molecule has 8 rings (SSSR count). The lowest BCUT2D eigenvalue weighted by Gasteiger charge is -2.60. The number of allylic oxidation sites excluding steroid dienone is 1. The molecule has 5 N–H and O–H groups in total. The first-order valence-corrected chi connectivity index (χ1v) is 18.7. The number of esters is 1. The number of ether oxygens (including phenoxy) is 5. The van der Waals surface area contributed by atoms with Crippen LogP contribution in [0.15, 0.2) is 11.6 Å². The van der Waals surface area contributed by atoms with Crippen molar-refractivity contribution in [3.63, 3.8) is 0 Å². The molecule has 11 heteroatoms. The smallest absolute Gasteiger partial charge is 0.303 e. The molecule has 3 spiro atoms. The Balaban J connectivity index is 1.11. The minimum absolute atomic E-state index is 0.0286. The summed E-state index contributed by atoms with van der Waals surface area (Å²) in [5.74, 6) is -1.05. The van der Waals surface area contributed by atoms with Crippen molar-refractivity contribution in [1.82, 2.24) is 0 Å². The van der Waals surface area contributed by atoms with E-state index in [2.05, 4.69) is 40.7 Å². The SMILES string of the molecule is CC(=O)OC(C)(C)C1OC23OC1C[C@@H](C)[C@@H]2[C@@]1(C)CC[C@@]24C[C@@]25CCC(O[C@@H]2O[C@H](CO)[C@H](O)[C@H](O)[C@H]2O)C(C)(C)[C@@H]5CC=C4[C@]1(C)C3O. The third kappa shape index (κ3) is 4.09. The summed E-state index contributed by atoms with van der Waals surface area (Å²) in [4.78, 5) is 12.1. The first kappa shape index (κ1) is 34.9. The van der Waals surface area contributed by atoms with Gasteiger partial charge >= 0.3 is 5.97 Å². The van der Waals surface area contributed by atoms with E-state index in [4.69, 9.17) is 23.7 Å². The fourth-order valence-electron chi connectivity index (χ4n) is 13.8. The molecular formula is C38H58O11. The van der Waals surface area contributed by atoms with Crippen molar-refractivity contribution in [2.24, 2.45) is 44.8 Å². The van der Waals surface area contributed by atoms with Crippen LogP contribution in [-0.4, -0.2) is 105 Å². The zero-order chi connectivity index (χ0) is 35.5. The number of hydrogen-bond acceptors (Lipinski definition) is 11. The summed E-state index contributed by atoms with van der Waals surface area (Å²) in [6, 6.07) is 0. The van der Waals surface area contributed by atoms with Gasteiger partial charge in [0.05, 0.1) is 18.8 Å². The van der Waals surface area contributed by atoms with Crippen molar-refractivity contribution >= 4 is 5.97 Å². The fraction of sp³-hybridized carbons (Fsp3) is 0.921. The van der Waals surface area contributed by atoms with E-state index in [0.29, 0.717) is 0 Å². The van der Waals surface area contributed by atoms with Crippen LogP contribution in [0.4, 0.5) is 0 Å². The predicted molar refractivity (Wildman–Crippen MR) is 174 cm³/mol. The molecule has 0 radical (unpaired) electrons. The molecule has 11 nitrogen and oxygen atoms in total. The Hall–Kier alpha value is -1.15. The van der Waals surface area contributed by atoms with E-state index in [1.54, 1.807) is 0 Å². The third-order valence-corrected chi connectivity index (χ3v) is 16.0. The zero-order valence-corrected chi connectivity index (χ0v) is 30.3. The van der Waals surface area contributed by atoms with Crippen LogP contribution in [0, 0.1) is 44.8 Å². The van der Waals surface area contributed by atoms with Gasteiger partial charge in [-0.25, -0.2) is 0 Å². The molecule has 3 saturated heterocycles. The van der Waals surface area contributed by atoms with Crippen LogP contribution in [0.3, 0.4) is 0 Å². The lowest BCUT2D eigenvalue weighted by Crippen LogP contribution is -2.61. The Morgan fingerprint density at radius 1 is 1.02 bits per heavy atom. The number of aliphatic hydroxyl groups excluding tert-OH is 5. The zero-order valence-electron chi connectivity index (χ0n) is 30.3. The number of carbonyl (C=O) groups excluding carboxylic acids is 1. The Kier molecular flexibility index (Phi) is 7.48. The monoisotopic (exact) mass is 690 g/mol. The first-order valence-electron chi connectivity index (χ1n) is 18.7. The molecule has 276 valence electrons. The predicted octanol–water partition coefficient (Wildman–Crippen LogP) is 2.97. The van der Waals surface area contributed by atoms with Gasteiger partial charge in [0, 0.05) is 18.3 Å². The summed E-state index contributed by atoms with van der Waals surface area (Å²) in [6.07, 6.45) is 0.315. The molecule has 49 heavy (non-hydrogen) atoms. The first-order chi connectivity index (χ1) is 22.8. The lowest BCUT2D eigenvalue weighted by atomic mass is 9.44. The van der Waals surface area contributed by atoms with E-state index in [1.165, 1.54) is 12.5 Å². The maximum absolute atomic E-state index is 12.8. The van der Waals surface area contributed by atoms with Gasteiger partial charge in [0.25, 0.3) is 0 Å². The molecule has 0 aromatic rings. The van der Waals surface area contributed by atoms with Crippen molar-refractivity contribution in [2.45, 2.75) is 167 Å². The van der Waals surface area contributed by atoms with Gasteiger partial charge in [-0.05, 0) is 92.3 Å².